The lowest BCUT2D eigenvalue weighted by Gasteiger charge is -2.19. The highest BCUT2D eigenvalue weighted by molar-refractivity contribution is 5.78. The molecule has 22 heavy (non-hydrogen) atoms. The first-order valence-electron chi connectivity index (χ1n) is 7.24. The predicted molar refractivity (Wildman–Crippen MR) is 79.2 cm³/mol. The summed E-state index contributed by atoms with van der Waals surface area (Å²) in [6, 6.07) is 4.72. The Hall–Kier alpha value is -2.24. The fourth-order valence-corrected chi connectivity index (χ4v) is 2.35. The molecular weight excluding hydrogens is 288 g/mol. The lowest BCUT2D eigenvalue weighted by atomic mass is 10.0. The second-order valence-electron chi connectivity index (χ2n) is 5.29. The van der Waals surface area contributed by atoms with E-state index in [0.29, 0.717) is 17.7 Å². The summed E-state index contributed by atoms with van der Waals surface area (Å²) in [6.45, 7) is 3.79. The van der Waals surface area contributed by atoms with Crippen LogP contribution in [0, 0.1) is 18.6 Å². The van der Waals surface area contributed by atoms with Crippen LogP contribution in [0.15, 0.2) is 24.3 Å². The van der Waals surface area contributed by atoms with E-state index in [9.17, 15) is 13.6 Å². The molecule has 0 aliphatic carbocycles. The van der Waals surface area contributed by atoms with Gasteiger partial charge in [0.2, 0.25) is 5.91 Å². The quantitative estimate of drug-likeness (QED) is 0.861. The Morgan fingerprint density at radius 1 is 1.36 bits per heavy atom. The van der Waals surface area contributed by atoms with Crippen molar-refractivity contribution in [3.63, 3.8) is 0 Å². The summed E-state index contributed by atoms with van der Waals surface area (Å²) in [5, 5.41) is 9.57. The number of nitrogens with one attached hydrogen (secondary N) is 2. The number of H-pyrrole nitrogens is 1. The normalized spacial score (nSPS) is 12.2. The van der Waals surface area contributed by atoms with E-state index in [1.165, 1.54) is 12.1 Å². The summed E-state index contributed by atoms with van der Waals surface area (Å²) < 4.78 is 26.9. The molecule has 1 atom stereocenters. The lowest BCUT2D eigenvalue weighted by Crippen LogP contribution is -2.30. The summed E-state index contributed by atoms with van der Waals surface area (Å²) >= 11 is 0. The number of nitrogens with zero attached hydrogens (tertiary/aromatic N) is 1. The van der Waals surface area contributed by atoms with Crippen LogP contribution in [0.4, 0.5) is 8.78 Å². The molecule has 2 rings (SSSR count). The first-order chi connectivity index (χ1) is 10.5. The van der Waals surface area contributed by atoms with Crippen LogP contribution in [0.5, 0.6) is 0 Å². The summed E-state index contributed by atoms with van der Waals surface area (Å²) in [4.78, 5) is 12.1. The maximum absolute atomic E-state index is 13.9. The number of hydrogen-bond acceptors (Lipinski definition) is 2. The highest BCUT2D eigenvalue weighted by Gasteiger charge is 2.18. The maximum atomic E-state index is 13.9. The van der Waals surface area contributed by atoms with Crippen LogP contribution in [-0.2, 0) is 11.2 Å². The van der Waals surface area contributed by atoms with Gasteiger partial charge in [-0.05, 0) is 25.5 Å². The van der Waals surface area contributed by atoms with Crippen LogP contribution in [-0.4, -0.2) is 16.1 Å². The van der Waals surface area contributed by atoms with Crippen molar-refractivity contribution < 1.29 is 13.6 Å². The third-order valence-corrected chi connectivity index (χ3v) is 3.35. The molecule has 118 valence electrons. The van der Waals surface area contributed by atoms with Gasteiger partial charge in [-0.25, -0.2) is 8.78 Å². The molecule has 1 aromatic heterocycles. The smallest absolute Gasteiger partial charge is 0.226 e. The number of aryl methyl sites for hydroxylation is 1. The van der Waals surface area contributed by atoms with Crippen LogP contribution < -0.4 is 5.32 Å². The Balaban J connectivity index is 2.09. The van der Waals surface area contributed by atoms with E-state index >= 15 is 0 Å². The van der Waals surface area contributed by atoms with Gasteiger partial charge in [-0.15, -0.1) is 0 Å². The third kappa shape index (κ3) is 4.13. The van der Waals surface area contributed by atoms with Gasteiger partial charge in [-0.2, -0.15) is 5.10 Å². The summed E-state index contributed by atoms with van der Waals surface area (Å²) in [5.74, 6) is -1.52. The number of amides is 1. The van der Waals surface area contributed by atoms with Crippen molar-refractivity contribution in [2.24, 2.45) is 0 Å². The van der Waals surface area contributed by atoms with E-state index in [4.69, 9.17) is 0 Å². The van der Waals surface area contributed by atoms with Crippen molar-refractivity contribution in [2.45, 2.75) is 39.2 Å². The minimum atomic E-state index is -0.644. The Morgan fingerprint density at radius 2 is 2.14 bits per heavy atom. The molecule has 0 bridgehead atoms. The van der Waals surface area contributed by atoms with E-state index in [0.717, 1.165) is 18.2 Å². The number of aromatic nitrogens is 2. The molecule has 2 aromatic rings. The zero-order valence-corrected chi connectivity index (χ0v) is 12.6. The van der Waals surface area contributed by atoms with Gasteiger partial charge in [0.15, 0.2) is 0 Å². The Bertz CT molecular complexity index is 655. The van der Waals surface area contributed by atoms with Crippen molar-refractivity contribution in [3.05, 3.63) is 52.9 Å². The minimum Gasteiger partial charge on any atom is -0.349 e. The van der Waals surface area contributed by atoms with Crippen molar-refractivity contribution in [3.8, 4) is 0 Å². The van der Waals surface area contributed by atoms with Gasteiger partial charge >= 0.3 is 0 Å². The van der Waals surface area contributed by atoms with Crippen molar-refractivity contribution >= 4 is 5.91 Å². The van der Waals surface area contributed by atoms with Gasteiger partial charge in [0, 0.05) is 17.3 Å². The summed E-state index contributed by atoms with van der Waals surface area (Å²) in [5.41, 5.74) is 1.80. The number of aromatic amines is 1. The molecule has 0 fully saturated rings. The second kappa shape index (κ2) is 7.15. The third-order valence-electron chi connectivity index (χ3n) is 3.35. The molecule has 6 heteroatoms. The van der Waals surface area contributed by atoms with E-state index in [2.05, 4.69) is 15.5 Å². The number of halogens is 2. The number of carbonyl (C=O) groups excluding carboxylic acids is 1. The predicted octanol–water partition coefficient (Wildman–Crippen LogP) is 3.20. The van der Waals surface area contributed by atoms with Crippen molar-refractivity contribution in [1.82, 2.24) is 15.5 Å². The van der Waals surface area contributed by atoms with Gasteiger partial charge in [0.25, 0.3) is 0 Å². The van der Waals surface area contributed by atoms with Crippen molar-refractivity contribution in [2.75, 3.05) is 0 Å². The van der Waals surface area contributed by atoms with Gasteiger partial charge in [-0.3, -0.25) is 9.89 Å². The summed E-state index contributed by atoms with van der Waals surface area (Å²) in [7, 11) is 0. The Kier molecular flexibility index (Phi) is 5.25. The van der Waals surface area contributed by atoms with E-state index in [1.54, 1.807) is 6.07 Å². The number of carbonyl (C=O) groups is 1. The Labute approximate surface area is 127 Å². The molecule has 0 spiro atoms. The monoisotopic (exact) mass is 307 g/mol. The molecule has 2 N–H and O–H groups in total. The first-order valence-corrected chi connectivity index (χ1v) is 7.24. The molecule has 0 saturated carbocycles. The van der Waals surface area contributed by atoms with Crippen molar-refractivity contribution in [1.29, 1.82) is 0 Å². The molecule has 1 heterocycles. The first kappa shape index (κ1) is 16.1. The fraction of sp³-hybridized carbons (Fsp3) is 0.375. The number of hydrogen-bond donors (Lipinski definition) is 2. The van der Waals surface area contributed by atoms with Gasteiger partial charge in [0.05, 0.1) is 18.2 Å². The zero-order chi connectivity index (χ0) is 16.1. The Morgan fingerprint density at radius 3 is 2.73 bits per heavy atom. The van der Waals surface area contributed by atoms with Crippen LogP contribution >= 0.6 is 0 Å². The van der Waals surface area contributed by atoms with Gasteiger partial charge in [-0.1, -0.05) is 19.4 Å². The summed E-state index contributed by atoms with van der Waals surface area (Å²) in [6.07, 6.45) is 1.46. The number of benzene rings is 1. The molecule has 0 radical (unpaired) electrons. The van der Waals surface area contributed by atoms with Crippen LogP contribution in [0.25, 0.3) is 0 Å². The number of rotatable bonds is 6. The standard InChI is InChI=1S/C16H19F2N3O/c1-3-4-15(13-6-5-11(17)8-14(13)18)19-16(22)9-12-7-10(2)20-21-12/h5-8,15H,3-4,9H2,1-2H3,(H,19,22)(H,20,21)/t15-/m0/s1. The molecule has 4 nitrogen and oxygen atoms in total. The van der Waals surface area contributed by atoms with Crippen LogP contribution in [0.2, 0.25) is 0 Å². The van der Waals surface area contributed by atoms with Gasteiger partial charge in [0.1, 0.15) is 11.6 Å². The van der Waals surface area contributed by atoms with E-state index < -0.39 is 17.7 Å². The van der Waals surface area contributed by atoms with Gasteiger partial charge < -0.3 is 5.32 Å². The molecule has 0 aliphatic rings. The molecule has 0 unspecified atom stereocenters. The topological polar surface area (TPSA) is 57.8 Å². The lowest BCUT2D eigenvalue weighted by molar-refractivity contribution is -0.121. The molecule has 1 aromatic carbocycles. The average molecular weight is 307 g/mol. The van der Waals surface area contributed by atoms with E-state index in [-0.39, 0.29) is 12.3 Å². The highest BCUT2D eigenvalue weighted by atomic mass is 19.1. The molecule has 0 aliphatic heterocycles. The van der Waals surface area contributed by atoms with Crippen LogP contribution in [0.1, 0.15) is 42.8 Å². The second-order valence-corrected chi connectivity index (χ2v) is 5.29. The molecule has 1 amide bonds. The average Bonchev–Trinajstić information content (AvgIpc) is 2.83. The maximum Gasteiger partial charge on any atom is 0.226 e. The largest absolute Gasteiger partial charge is 0.349 e. The molecule has 0 saturated heterocycles. The van der Waals surface area contributed by atoms with Crippen LogP contribution in [0.3, 0.4) is 0 Å². The minimum absolute atomic E-state index is 0.118. The van der Waals surface area contributed by atoms with E-state index in [1.807, 2.05) is 13.8 Å². The fourth-order valence-electron chi connectivity index (χ4n) is 2.35. The highest BCUT2D eigenvalue weighted by Crippen LogP contribution is 2.22. The SMILES string of the molecule is CCC[C@H](NC(=O)Cc1cc(C)[nH]n1)c1ccc(F)cc1F. The zero-order valence-electron chi connectivity index (χ0n) is 12.6. The molecular formula is C16H19F2N3O.